The van der Waals surface area contributed by atoms with Crippen LogP contribution in [0, 0.1) is 5.82 Å². The van der Waals surface area contributed by atoms with Gasteiger partial charge in [-0.05, 0) is 39.0 Å². The molecule has 1 aromatic heterocycles. The Bertz CT molecular complexity index is 801. The minimum atomic E-state index is -0.813. The van der Waals surface area contributed by atoms with Crippen LogP contribution in [0.5, 0.6) is 5.75 Å². The van der Waals surface area contributed by atoms with Gasteiger partial charge in [0, 0.05) is 17.8 Å². The standard InChI is InChI=1S/C17H16ClFN2O3/c1-17(2,3)24-21-9-10-5-4-6-20-15(10)16(23)11-7-12(18)13(19)8-14(11)22/h4-9,22H,1-3H3. The summed E-state index contributed by atoms with van der Waals surface area (Å²) in [5, 5.41) is 13.4. The van der Waals surface area contributed by atoms with Crippen molar-refractivity contribution < 1.29 is 19.1 Å². The minimum Gasteiger partial charge on any atom is -0.507 e. The Morgan fingerprint density at radius 3 is 2.79 bits per heavy atom. The Morgan fingerprint density at radius 2 is 2.12 bits per heavy atom. The molecule has 1 N–H and O–H groups in total. The number of ketones is 1. The third-order valence-electron chi connectivity index (χ3n) is 2.86. The molecule has 0 amide bonds. The average molecular weight is 351 g/mol. The van der Waals surface area contributed by atoms with Gasteiger partial charge in [-0.25, -0.2) is 4.39 Å². The average Bonchev–Trinajstić information content (AvgIpc) is 2.49. The van der Waals surface area contributed by atoms with E-state index in [1.165, 1.54) is 12.4 Å². The van der Waals surface area contributed by atoms with Crippen LogP contribution >= 0.6 is 11.6 Å². The molecule has 2 rings (SSSR count). The van der Waals surface area contributed by atoms with Crippen molar-refractivity contribution in [2.75, 3.05) is 0 Å². The van der Waals surface area contributed by atoms with Crippen molar-refractivity contribution in [3.8, 4) is 5.75 Å². The van der Waals surface area contributed by atoms with Crippen LogP contribution in [0.3, 0.4) is 0 Å². The Kier molecular flexibility index (Phi) is 5.19. The van der Waals surface area contributed by atoms with Crippen LogP contribution in [0.4, 0.5) is 4.39 Å². The summed E-state index contributed by atoms with van der Waals surface area (Å²) in [6, 6.07) is 5.11. The molecular weight excluding hydrogens is 335 g/mol. The number of rotatable bonds is 4. The van der Waals surface area contributed by atoms with Gasteiger partial charge in [-0.2, -0.15) is 0 Å². The molecule has 0 fully saturated rings. The van der Waals surface area contributed by atoms with Gasteiger partial charge in [0.25, 0.3) is 0 Å². The van der Waals surface area contributed by atoms with Crippen molar-refractivity contribution in [3.63, 3.8) is 0 Å². The zero-order chi connectivity index (χ0) is 17.9. The highest BCUT2D eigenvalue weighted by Crippen LogP contribution is 2.27. The predicted molar refractivity (Wildman–Crippen MR) is 89.2 cm³/mol. The second-order valence-corrected chi connectivity index (χ2v) is 6.40. The molecule has 0 saturated heterocycles. The van der Waals surface area contributed by atoms with Crippen molar-refractivity contribution in [2.24, 2.45) is 5.16 Å². The van der Waals surface area contributed by atoms with Crippen molar-refractivity contribution in [1.82, 2.24) is 4.98 Å². The van der Waals surface area contributed by atoms with Gasteiger partial charge >= 0.3 is 0 Å². The summed E-state index contributed by atoms with van der Waals surface area (Å²) >= 11 is 5.69. The number of pyridine rings is 1. The number of aromatic nitrogens is 1. The van der Waals surface area contributed by atoms with E-state index in [0.717, 1.165) is 12.1 Å². The van der Waals surface area contributed by atoms with Gasteiger partial charge in [-0.15, -0.1) is 0 Å². The number of phenols is 1. The molecule has 7 heteroatoms. The Hall–Kier alpha value is -2.47. The van der Waals surface area contributed by atoms with Crippen molar-refractivity contribution >= 4 is 23.6 Å². The number of hydrogen-bond donors (Lipinski definition) is 1. The van der Waals surface area contributed by atoms with Gasteiger partial charge in [0.15, 0.2) is 0 Å². The van der Waals surface area contributed by atoms with Gasteiger partial charge in [0.2, 0.25) is 5.78 Å². The van der Waals surface area contributed by atoms with E-state index in [2.05, 4.69) is 10.1 Å². The summed E-state index contributed by atoms with van der Waals surface area (Å²) in [5.74, 6) is -1.93. The highest BCUT2D eigenvalue weighted by molar-refractivity contribution is 6.31. The highest BCUT2D eigenvalue weighted by Gasteiger charge is 2.20. The number of benzene rings is 1. The number of halogens is 2. The third-order valence-corrected chi connectivity index (χ3v) is 3.15. The van der Waals surface area contributed by atoms with E-state index in [1.54, 1.807) is 12.1 Å². The van der Waals surface area contributed by atoms with Crippen LogP contribution in [0.15, 0.2) is 35.6 Å². The first-order chi connectivity index (χ1) is 11.2. The topological polar surface area (TPSA) is 71.8 Å². The van der Waals surface area contributed by atoms with Gasteiger partial charge < -0.3 is 9.94 Å². The van der Waals surface area contributed by atoms with Gasteiger partial charge in [-0.1, -0.05) is 16.8 Å². The molecule has 1 aromatic carbocycles. The number of aromatic hydroxyl groups is 1. The molecule has 0 atom stereocenters. The summed E-state index contributed by atoms with van der Waals surface area (Å²) in [6.07, 6.45) is 2.78. The molecule has 2 aromatic rings. The first kappa shape index (κ1) is 17.9. The smallest absolute Gasteiger partial charge is 0.215 e. The van der Waals surface area contributed by atoms with E-state index in [0.29, 0.717) is 5.56 Å². The number of nitrogens with zero attached hydrogens (tertiary/aromatic N) is 2. The molecular formula is C17H16ClFN2O3. The van der Waals surface area contributed by atoms with E-state index >= 15 is 0 Å². The molecule has 126 valence electrons. The van der Waals surface area contributed by atoms with Gasteiger partial charge in [0.1, 0.15) is 22.9 Å². The van der Waals surface area contributed by atoms with Crippen molar-refractivity contribution in [2.45, 2.75) is 26.4 Å². The van der Waals surface area contributed by atoms with E-state index in [1.807, 2.05) is 20.8 Å². The molecule has 0 aliphatic carbocycles. The van der Waals surface area contributed by atoms with Crippen molar-refractivity contribution in [1.29, 1.82) is 0 Å². The van der Waals surface area contributed by atoms with Crippen LogP contribution in [0.1, 0.15) is 42.4 Å². The Labute approximate surface area is 143 Å². The Morgan fingerprint density at radius 1 is 1.42 bits per heavy atom. The summed E-state index contributed by atoms with van der Waals surface area (Å²) < 4.78 is 13.3. The number of oxime groups is 1. The lowest BCUT2D eigenvalue weighted by atomic mass is 10.0. The fraction of sp³-hybridized carbons (Fsp3) is 0.235. The second-order valence-electron chi connectivity index (χ2n) is 5.99. The number of carbonyl (C=O) groups excluding carboxylic acids is 1. The molecule has 0 aliphatic heterocycles. The molecule has 5 nitrogen and oxygen atoms in total. The van der Waals surface area contributed by atoms with E-state index in [4.69, 9.17) is 16.4 Å². The zero-order valence-corrected chi connectivity index (χ0v) is 14.1. The monoisotopic (exact) mass is 350 g/mol. The van der Waals surface area contributed by atoms with Crippen LogP contribution in [0.25, 0.3) is 0 Å². The lowest BCUT2D eigenvalue weighted by molar-refractivity contribution is 0.00199. The predicted octanol–water partition coefficient (Wildman–Crippen LogP) is 3.96. The number of phenolic OH excluding ortho intramolecular Hbond substituents is 1. The molecule has 0 spiro atoms. The maximum absolute atomic E-state index is 13.3. The quantitative estimate of drug-likeness (QED) is 0.514. The number of carbonyl (C=O) groups is 1. The summed E-state index contributed by atoms with van der Waals surface area (Å²) in [7, 11) is 0. The molecule has 0 unspecified atom stereocenters. The van der Waals surface area contributed by atoms with E-state index in [-0.39, 0.29) is 16.3 Å². The van der Waals surface area contributed by atoms with E-state index < -0.39 is 23.0 Å². The fourth-order valence-corrected chi connectivity index (χ4v) is 1.96. The molecule has 24 heavy (non-hydrogen) atoms. The molecule has 0 saturated carbocycles. The van der Waals surface area contributed by atoms with Gasteiger partial charge in [0.05, 0.1) is 16.8 Å². The molecule has 0 bridgehead atoms. The largest absolute Gasteiger partial charge is 0.507 e. The summed E-state index contributed by atoms with van der Waals surface area (Å²) in [5.41, 5.74) is -0.194. The molecule has 1 heterocycles. The second kappa shape index (κ2) is 6.97. The normalized spacial score (nSPS) is 11.7. The first-order valence-electron chi connectivity index (χ1n) is 7.08. The molecule has 0 radical (unpaired) electrons. The van der Waals surface area contributed by atoms with Crippen LogP contribution in [-0.2, 0) is 4.84 Å². The van der Waals surface area contributed by atoms with Crippen LogP contribution < -0.4 is 0 Å². The third kappa shape index (κ3) is 4.29. The van der Waals surface area contributed by atoms with E-state index in [9.17, 15) is 14.3 Å². The van der Waals surface area contributed by atoms with Crippen molar-refractivity contribution in [3.05, 3.63) is 58.1 Å². The Balaban J connectivity index is 2.39. The fourth-order valence-electron chi connectivity index (χ4n) is 1.80. The lowest BCUT2D eigenvalue weighted by Crippen LogP contribution is -2.16. The molecule has 0 aliphatic rings. The lowest BCUT2D eigenvalue weighted by Gasteiger charge is -2.15. The zero-order valence-electron chi connectivity index (χ0n) is 13.4. The first-order valence-corrected chi connectivity index (χ1v) is 7.46. The highest BCUT2D eigenvalue weighted by atomic mass is 35.5. The number of hydrogen-bond acceptors (Lipinski definition) is 5. The van der Waals surface area contributed by atoms with Crippen LogP contribution in [-0.4, -0.2) is 27.7 Å². The summed E-state index contributed by atoms with van der Waals surface area (Å²) in [6.45, 7) is 5.49. The minimum absolute atomic E-state index is 0.0386. The van der Waals surface area contributed by atoms with Gasteiger partial charge in [-0.3, -0.25) is 9.78 Å². The maximum atomic E-state index is 13.3. The SMILES string of the molecule is CC(C)(C)ON=Cc1cccnc1C(=O)c1cc(Cl)c(F)cc1O. The van der Waals surface area contributed by atoms with Crippen LogP contribution in [0.2, 0.25) is 5.02 Å². The maximum Gasteiger partial charge on any atom is 0.215 e. The summed E-state index contributed by atoms with van der Waals surface area (Å²) in [4.78, 5) is 21.9.